The second-order valence-electron chi connectivity index (χ2n) is 5.60. The standard InChI is InChI=1S/C20H18ClN3O2/c1-24(15-6-4-3-5-7-15)16-9-10-18(22-13-16)20(25)23-14-8-11-19(26-2)17(21)12-14/h3-13H,1-2H3,(H,23,25). The minimum atomic E-state index is -0.305. The first-order valence-corrected chi connectivity index (χ1v) is 8.36. The molecule has 5 nitrogen and oxygen atoms in total. The molecule has 3 rings (SSSR count). The number of carbonyl (C=O) groups excluding carboxylic acids is 1. The summed E-state index contributed by atoms with van der Waals surface area (Å²) in [6, 6.07) is 18.5. The number of aromatic nitrogens is 1. The molecule has 0 fully saturated rings. The van der Waals surface area contributed by atoms with Crippen LogP contribution < -0.4 is 15.0 Å². The van der Waals surface area contributed by atoms with Crippen LogP contribution in [0.2, 0.25) is 5.02 Å². The minimum absolute atomic E-state index is 0.305. The van der Waals surface area contributed by atoms with E-state index in [0.29, 0.717) is 22.2 Å². The third-order valence-electron chi connectivity index (χ3n) is 3.92. The topological polar surface area (TPSA) is 54.5 Å². The lowest BCUT2D eigenvalue weighted by atomic mass is 10.2. The van der Waals surface area contributed by atoms with E-state index >= 15 is 0 Å². The zero-order valence-electron chi connectivity index (χ0n) is 14.4. The van der Waals surface area contributed by atoms with Crippen LogP contribution in [0.5, 0.6) is 5.75 Å². The van der Waals surface area contributed by atoms with E-state index in [9.17, 15) is 4.79 Å². The van der Waals surface area contributed by atoms with E-state index < -0.39 is 0 Å². The van der Waals surface area contributed by atoms with Crippen molar-refractivity contribution in [2.24, 2.45) is 0 Å². The zero-order chi connectivity index (χ0) is 18.5. The summed E-state index contributed by atoms with van der Waals surface area (Å²) in [5.74, 6) is 0.247. The molecule has 0 unspecified atom stereocenters. The van der Waals surface area contributed by atoms with E-state index in [1.54, 1.807) is 30.5 Å². The van der Waals surface area contributed by atoms with E-state index in [1.165, 1.54) is 7.11 Å². The number of hydrogen-bond acceptors (Lipinski definition) is 4. The Morgan fingerprint density at radius 1 is 1.08 bits per heavy atom. The van der Waals surface area contributed by atoms with Crippen molar-refractivity contribution in [2.75, 3.05) is 24.4 Å². The molecule has 0 atom stereocenters. The van der Waals surface area contributed by atoms with Crippen LogP contribution in [0.15, 0.2) is 66.9 Å². The van der Waals surface area contributed by atoms with Crippen molar-refractivity contribution in [1.29, 1.82) is 0 Å². The Bertz CT molecular complexity index is 899. The lowest BCUT2D eigenvalue weighted by molar-refractivity contribution is 0.102. The van der Waals surface area contributed by atoms with Gasteiger partial charge < -0.3 is 15.0 Å². The van der Waals surface area contributed by atoms with Gasteiger partial charge in [-0.05, 0) is 42.5 Å². The second-order valence-corrected chi connectivity index (χ2v) is 6.01. The van der Waals surface area contributed by atoms with Gasteiger partial charge in [0.1, 0.15) is 11.4 Å². The molecule has 2 aromatic carbocycles. The summed E-state index contributed by atoms with van der Waals surface area (Å²) in [4.78, 5) is 18.6. The van der Waals surface area contributed by atoms with Gasteiger partial charge in [-0.15, -0.1) is 0 Å². The fourth-order valence-electron chi connectivity index (χ4n) is 2.46. The van der Waals surface area contributed by atoms with Crippen molar-refractivity contribution in [3.8, 4) is 5.75 Å². The molecule has 26 heavy (non-hydrogen) atoms. The van der Waals surface area contributed by atoms with Crippen molar-refractivity contribution in [3.63, 3.8) is 0 Å². The molecule has 6 heteroatoms. The van der Waals surface area contributed by atoms with Crippen molar-refractivity contribution in [1.82, 2.24) is 4.98 Å². The summed E-state index contributed by atoms with van der Waals surface area (Å²) in [6.07, 6.45) is 1.67. The number of halogens is 1. The number of rotatable bonds is 5. The fraction of sp³-hybridized carbons (Fsp3) is 0.100. The monoisotopic (exact) mass is 367 g/mol. The van der Waals surface area contributed by atoms with Crippen molar-refractivity contribution in [3.05, 3.63) is 77.6 Å². The maximum atomic E-state index is 12.4. The summed E-state index contributed by atoms with van der Waals surface area (Å²) in [5.41, 5.74) is 2.83. The Morgan fingerprint density at radius 3 is 2.46 bits per heavy atom. The molecule has 0 aliphatic rings. The number of hydrogen-bond donors (Lipinski definition) is 1. The number of anilines is 3. The third kappa shape index (κ3) is 3.95. The number of ether oxygens (including phenoxy) is 1. The molecule has 0 radical (unpaired) electrons. The molecule has 0 saturated heterocycles. The summed E-state index contributed by atoms with van der Waals surface area (Å²) >= 11 is 6.08. The highest BCUT2D eigenvalue weighted by molar-refractivity contribution is 6.32. The van der Waals surface area contributed by atoms with Gasteiger partial charge in [0.2, 0.25) is 0 Å². The van der Waals surface area contributed by atoms with Gasteiger partial charge in [0.15, 0.2) is 0 Å². The molecular formula is C20H18ClN3O2. The highest BCUT2D eigenvalue weighted by atomic mass is 35.5. The van der Waals surface area contributed by atoms with Crippen LogP contribution in [0, 0.1) is 0 Å². The van der Waals surface area contributed by atoms with E-state index in [1.807, 2.05) is 48.3 Å². The lowest BCUT2D eigenvalue weighted by Gasteiger charge is -2.19. The first kappa shape index (κ1) is 17.8. The molecule has 1 heterocycles. The molecule has 0 aliphatic heterocycles. The van der Waals surface area contributed by atoms with Gasteiger partial charge in [-0.2, -0.15) is 0 Å². The Morgan fingerprint density at radius 2 is 1.85 bits per heavy atom. The van der Waals surface area contributed by atoms with E-state index in [-0.39, 0.29) is 5.91 Å². The first-order chi connectivity index (χ1) is 12.6. The zero-order valence-corrected chi connectivity index (χ0v) is 15.2. The van der Waals surface area contributed by atoms with Gasteiger partial charge in [-0.3, -0.25) is 4.79 Å². The maximum Gasteiger partial charge on any atom is 0.274 e. The molecule has 3 aromatic rings. The van der Waals surface area contributed by atoms with Gasteiger partial charge in [-0.1, -0.05) is 29.8 Å². The number of benzene rings is 2. The number of carbonyl (C=O) groups is 1. The summed E-state index contributed by atoms with van der Waals surface area (Å²) in [6.45, 7) is 0. The van der Waals surface area contributed by atoms with Crippen LogP contribution in [0.4, 0.5) is 17.1 Å². The average Bonchev–Trinajstić information content (AvgIpc) is 2.68. The number of nitrogens with zero attached hydrogens (tertiary/aromatic N) is 2. The molecule has 0 saturated carbocycles. The Kier molecular flexibility index (Phi) is 5.39. The molecule has 132 valence electrons. The first-order valence-electron chi connectivity index (χ1n) is 7.98. The van der Waals surface area contributed by atoms with E-state index in [2.05, 4.69) is 10.3 Å². The van der Waals surface area contributed by atoms with Gasteiger partial charge in [-0.25, -0.2) is 4.98 Å². The SMILES string of the molecule is COc1ccc(NC(=O)c2ccc(N(C)c3ccccc3)cn2)cc1Cl. The second kappa shape index (κ2) is 7.89. The predicted octanol–water partition coefficient (Wildman–Crippen LogP) is 4.76. The van der Waals surface area contributed by atoms with E-state index in [0.717, 1.165) is 11.4 Å². The Labute approximate surface area is 157 Å². The number of pyridine rings is 1. The summed E-state index contributed by atoms with van der Waals surface area (Å²) in [7, 11) is 3.49. The highest BCUT2D eigenvalue weighted by Gasteiger charge is 2.11. The predicted molar refractivity (Wildman–Crippen MR) is 105 cm³/mol. The Hall–Kier alpha value is -3.05. The van der Waals surface area contributed by atoms with Crippen LogP contribution in [-0.2, 0) is 0 Å². The third-order valence-corrected chi connectivity index (χ3v) is 4.22. The molecule has 1 N–H and O–H groups in total. The van der Waals surface area contributed by atoms with Crippen LogP contribution >= 0.6 is 11.6 Å². The number of para-hydroxylation sites is 1. The highest BCUT2D eigenvalue weighted by Crippen LogP contribution is 2.27. The average molecular weight is 368 g/mol. The number of amides is 1. The van der Waals surface area contributed by atoms with Gasteiger partial charge in [0.25, 0.3) is 5.91 Å². The van der Waals surface area contributed by atoms with Gasteiger partial charge in [0.05, 0.1) is 24.0 Å². The minimum Gasteiger partial charge on any atom is -0.495 e. The smallest absolute Gasteiger partial charge is 0.274 e. The van der Waals surface area contributed by atoms with Crippen LogP contribution in [0.1, 0.15) is 10.5 Å². The number of nitrogens with one attached hydrogen (secondary N) is 1. The van der Waals surface area contributed by atoms with Crippen LogP contribution in [-0.4, -0.2) is 25.0 Å². The lowest BCUT2D eigenvalue weighted by Crippen LogP contribution is -2.15. The van der Waals surface area contributed by atoms with Gasteiger partial charge >= 0.3 is 0 Å². The molecular weight excluding hydrogens is 350 g/mol. The van der Waals surface area contributed by atoms with Crippen LogP contribution in [0.25, 0.3) is 0 Å². The molecule has 0 bridgehead atoms. The van der Waals surface area contributed by atoms with Gasteiger partial charge in [0, 0.05) is 18.4 Å². The van der Waals surface area contributed by atoms with Crippen molar-refractivity contribution in [2.45, 2.75) is 0 Å². The fourth-order valence-corrected chi connectivity index (χ4v) is 2.72. The molecule has 1 aromatic heterocycles. The van der Waals surface area contributed by atoms with Crippen LogP contribution in [0.3, 0.4) is 0 Å². The van der Waals surface area contributed by atoms with Crippen molar-refractivity contribution < 1.29 is 9.53 Å². The molecule has 0 spiro atoms. The largest absolute Gasteiger partial charge is 0.495 e. The normalized spacial score (nSPS) is 10.3. The molecule has 0 aliphatic carbocycles. The quantitative estimate of drug-likeness (QED) is 0.706. The number of methoxy groups -OCH3 is 1. The molecule has 1 amide bonds. The summed E-state index contributed by atoms with van der Waals surface area (Å²) in [5, 5.41) is 3.20. The summed E-state index contributed by atoms with van der Waals surface area (Å²) < 4.78 is 5.10. The van der Waals surface area contributed by atoms with E-state index in [4.69, 9.17) is 16.3 Å². The maximum absolute atomic E-state index is 12.4. The van der Waals surface area contributed by atoms with Crippen molar-refractivity contribution >= 4 is 34.6 Å². The Balaban J connectivity index is 1.72.